The normalized spacial score (nSPS) is 33.9. The van der Waals surface area contributed by atoms with Crippen LogP contribution in [0.4, 0.5) is 0 Å². The summed E-state index contributed by atoms with van der Waals surface area (Å²) in [5.41, 5.74) is 1.74. The van der Waals surface area contributed by atoms with Crippen LogP contribution < -0.4 is 10.1 Å². The summed E-state index contributed by atoms with van der Waals surface area (Å²) in [6.07, 6.45) is 3.95. The summed E-state index contributed by atoms with van der Waals surface area (Å²) in [5, 5.41) is 3.64. The summed E-state index contributed by atoms with van der Waals surface area (Å²) in [7, 11) is 1.71. The molecule has 0 radical (unpaired) electrons. The van der Waals surface area contributed by atoms with Crippen molar-refractivity contribution in [1.82, 2.24) is 5.32 Å². The van der Waals surface area contributed by atoms with Crippen LogP contribution in [0, 0.1) is 0 Å². The SMILES string of the molecule is COc1ccc(C23CCC(C2)N3)cc1. The molecule has 4 rings (SSSR count). The predicted molar refractivity (Wildman–Crippen MR) is 55.4 cm³/mol. The molecule has 2 unspecified atom stereocenters. The van der Waals surface area contributed by atoms with E-state index in [1.165, 1.54) is 24.8 Å². The van der Waals surface area contributed by atoms with E-state index in [-0.39, 0.29) is 0 Å². The second-order valence-corrected chi connectivity index (χ2v) is 4.39. The largest absolute Gasteiger partial charge is 0.497 e. The first-order valence-electron chi connectivity index (χ1n) is 5.25. The molecule has 1 aromatic carbocycles. The zero-order chi connectivity index (χ0) is 9.60. The van der Waals surface area contributed by atoms with Crippen LogP contribution in [-0.4, -0.2) is 13.2 Å². The molecular weight excluding hydrogens is 174 g/mol. The van der Waals surface area contributed by atoms with Crippen LogP contribution in [0.25, 0.3) is 0 Å². The Balaban J connectivity index is 1.90. The quantitative estimate of drug-likeness (QED) is 0.768. The maximum Gasteiger partial charge on any atom is 0.118 e. The molecule has 2 aliphatic heterocycles. The lowest BCUT2D eigenvalue weighted by atomic mass is 9.83. The molecule has 0 aromatic heterocycles. The number of methoxy groups -OCH3 is 1. The highest BCUT2D eigenvalue weighted by atomic mass is 16.5. The van der Waals surface area contributed by atoms with E-state index in [1.807, 2.05) is 0 Å². The molecule has 2 bridgehead atoms. The Bertz CT molecular complexity index is 332. The molecule has 74 valence electrons. The van der Waals surface area contributed by atoms with Crippen molar-refractivity contribution in [2.24, 2.45) is 0 Å². The van der Waals surface area contributed by atoms with Gasteiger partial charge in [-0.1, -0.05) is 12.1 Å². The molecule has 3 aliphatic rings. The van der Waals surface area contributed by atoms with E-state index in [0.717, 1.165) is 11.8 Å². The molecule has 2 saturated heterocycles. The molecule has 2 atom stereocenters. The second kappa shape index (κ2) is 2.74. The van der Waals surface area contributed by atoms with Gasteiger partial charge in [-0.2, -0.15) is 0 Å². The number of nitrogens with one attached hydrogen (secondary N) is 1. The predicted octanol–water partition coefficient (Wildman–Crippen LogP) is 2.05. The second-order valence-electron chi connectivity index (χ2n) is 4.39. The zero-order valence-corrected chi connectivity index (χ0v) is 8.42. The number of hydrogen-bond acceptors (Lipinski definition) is 2. The molecule has 2 heteroatoms. The fourth-order valence-electron chi connectivity index (χ4n) is 2.81. The topological polar surface area (TPSA) is 21.3 Å². The fraction of sp³-hybridized carbons (Fsp3) is 0.500. The van der Waals surface area contributed by atoms with Crippen LogP contribution in [0.3, 0.4) is 0 Å². The van der Waals surface area contributed by atoms with Crippen LogP contribution in [0.1, 0.15) is 24.8 Å². The lowest BCUT2D eigenvalue weighted by Gasteiger charge is -2.40. The van der Waals surface area contributed by atoms with E-state index in [2.05, 4.69) is 29.6 Å². The monoisotopic (exact) mass is 189 g/mol. The molecule has 1 aromatic rings. The molecule has 1 aliphatic carbocycles. The summed E-state index contributed by atoms with van der Waals surface area (Å²) in [6, 6.07) is 9.27. The first kappa shape index (κ1) is 8.30. The molecule has 1 N–H and O–H groups in total. The summed E-state index contributed by atoms with van der Waals surface area (Å²) in [6.45, 7) is 0. The fourth-order valence-corrected chi connectivity index (χ4v) is 2.81. The highest BCUT2D eigenvalue weighted by Crippen LogP contribution is 2.48. The molecule has 3 fully saturated rings. The highest BCUT2D eigenvalue weighted by Gasteiger charge is 2.50. The summed E-state index contributed by atoms with van der Waals surface area (Å²) in [4.78, 5) is 0. The van der Waals surface area contributed by atoms with Gasteiger partial charge in [-0.05, 0) is 37.0 Å². The Labute approximate surface area is 84.3 Å². The van der Waals surface area contributed by atoms with E-state index in [1.54, 1.807) is 7.11 Å². The summed E-state index contributed by atoms with van der Waals surface area (Å²) < 4.78 is 5.16. The van der Waals surface area contributed by atoms with E-state index in [9.17, 15) is 0 Å². The van der Waals surface area contributed by atoms with Crippen LogP contribution in [-0.2, 0) is 5.54 Å². The van der Waals surface area contributed by atoms with Gasteiger partial charge in [0.15, 0.2) is 0 Å². The van der Waals surface area contributed by atoms with Gasteiger partial charge >= 0.3 is 0 Å². The number of fused-ring (bicyclic) bond motifs is 1. The first-order chi connectivity index (χ1) is 6.82. The smallest absolute Gasteiger partial charge is 0.118 e. The van der Waals surface area contributed by atoms with Crippen LogP contribution in [0.2, 0.25) is 0 Å². The van der Waals surface area contributed by atoms with Crippen molar-refractivity contribution in [3.05, 3.63) is 29.8 Å². The minimum atomic E-state index is 0.316. The minimum Gasteiger partial charge on any atom is -0.497 e. The Kier molecular flexibility index (Phi) is 1.62. The third kappa shape index (κ3) is 1.01. The van der Waals surface area contributed by atoms with Gasteiger partial charge in [0.25, 0.3) is 0 Å². The average molecular weight is 189 g/mol. The Morgan fingerprint density at radius 3 is 2.57 bits per heavy atom. The van der Waals surface area contributed by atoms with Gasteiger partial charge < -0.3 is 10.1 Å². The van der Waals surface area contributed by atoms with Gasteiger partial charge in [-0.25, -0.2) is 0 Å². The minimum absolute atomic E-state index is 0.316. The average Bonchev–Trinajstić information content (AvgIpc) is 2.77. The van der Waals surface area contributed by atoms with Gasteiger partial charge in [0.1, 0.15) is 5.75 Å². The number of hydrogen-bond donors (Lipinski definition) is 1. The van der Waals surface area contributed by atoms with E-state index >= 15 is 0 Å². The van der Waals surface area contributed by atoms with Gasteiger partial charge in [-0.15, -0.1) is 0 Å². The maximum atomic E-state index is 5.16. The van der Waals surface area contributed by atoms with Crippen molar-refractivity contribution >= 4 is 0 Å². The third-order valence-corrected chi connectivity index (χ3v) is 3.64. The highest BCUT2D eigenvalue weighted by molar-refractivity contribution is 5.35. The number of ether oxygens (including phenoxy) is 1. The maximum absolute atomic E-state index is 5.16. The standard InChI is InChI=1S/C12H15NO/c1-14-11-4-2-9(3-5-11)12-7-6-10(8-12)13-12/h2-5,10,13H,6-8H2,1H3. The van der Waals surface area contributed by atoms with Gasteiger partial charge in [0.2, 0.25) is 0 Å². The van der Waals surface area contributed by atoms with Crippen molar-refractivity contribution in [1.29, 1.82) is 0 Å². The van der Waals surface area contributed by atoms with Crippen LogP contribution in [0.15, 0.2) is 24.3 Å². The lowest BCUT2D eigenvalue weighted by Crippen LogP contribution is -2.53. The number of rotatable bonds is 2. The van der Waals surface area contributed by atoms with Crippen molar-refractivity contribution in [3.8, 4) is 5.75 Å². The Morgan fingerprint density at radius 2 is 2.07 bits per heavy atom. The number of benzene rings is 1. The summed E-state index contributed by atoms with van der Waals surface area (Å²) in [5.74, 6) is 0.944. The van der Waals surface area contributed by atoms with Crippen molar-refractivity contribution in [2.75, 3.05) is 7.11 Å². The van der Waals surface area contributed by atoms with E-state index in [4.69, 9.17) is 4.74 Å². The Hall–Kier alpha value is -1.02. The summed E-state index contributed by atoms with van der Waals surface area (Å²) >= 11 is 0. The van der Waals surface area contributed by atoms with Gasteiger partial charge in [-0.3, -0.25) is 0 Å². The lowest BCUT2D eigenvalue weighted by molar-refractivity contribution is 0.225. The zero-order valence-electron chi connectivity index (χ0n) is 8.42. The molecule has 0 spiro atoms. The molecule has 2 heterocycles. The van der Waals surface area contributed by atoms with Crippen LogP contribution >= 0.6 is 0 Å². The molecule has 2 nitrogen and oxygen atoms in total. The molecule has 14 heavy (non-hydrogen) atoms. The van der Waals surface area contributed by atoms with Gasteiger partial charge in [0.05, 0.1) is 7.11 Å². The van der Waals surface area contributed by atoms with E-state index in [0.29, 0.717) is 5.54 Å². The molecule has 0 amide bonds. The third-order valence-electron chi connectivity index (χ3n) is 3.64. The first-order valence-corrected chi connectivity index (χ1v) is 5.25. The van der Waals surface area contributed by atoms with Crippen molar-refractivity contribution in [2.45, 2.75) is 30.8 Å². The molecular formula is C12H15NO. The Morgan fingerprint density at radius 1 is 1.36 bits per heavy atom. The van der Waals surface area contributed by atoms with E-state index < -0.39 is 0 Å². The van der Waals surface area contributed by atoms with Crippen molar-refractivity contribution in [3.63, 3.8) is 0 Å². The van der Waals surface area contributed by atoms with Crippen LogP contribution in [0.5, 0.6) is 5.75 Å². The van der Waals surface area contributed by atoms with Gasteiger partial charge in [0, 0.05) is 11.6 Å². The molecule has 1 saturated carbocycles. The van der Waals surface area contributed by atoms with Crippen molar-refractivity contribution < 1.29 is 4.74 Å².